The van der Waals surface area contributed by atoms with Crippen LogP contribution in [0.25, 0.3) is 0 Å². The Morgan fingerprint density at radius 1 is 1.33 bits per heavy atom. The lowest BCUT2D eigenvalue weighted by molar-refractivity contribution is -0.121. The largest absolute Gasteiger partial charge is 0.370 e. The molecule has 2 aromatic rings. The molecule has 124 valence electrons. The van der Waals surface area contributed by atoms with Crippen LogP contribution in [0.5, 0.6) is 0 Å². The van der Waals surface area contributed by atoms with E-state index in [0.717, 1.165) is 34.9 Å². The van der Waals surface area contributed by atoms with Gasteiger partial charge in [-0.25, -0.2) is 0 Å². The highest BCUT2D eigenvalue weighted by Crippen LogP contribution is 2.18. The summed E-state index contributed by atoms with van der Waals surface area (Å²) >= 11 is 0. The van der Waals surface area contributed by atoms with Gasteiger partial charge in [-0.2, -0.15) is 0 Å². The van der Waals surface area contributed by atoms with Crippen LogP contribution in [0.4, 0.5) is 0 Å². The van der Waals surface area contributed by atoms with E-state index in [1.54, 1.807) is 12.4 Å². The van der Waals surface area contributed by atoms with Crippen LogP contribution in [-0.2, 0) is 17.8 Å². The molecule has 24 heavy (non-hydrogen) atoms. The number of aromatic nitrogens is 2. The summed E-state index contributed by atoms with van der Waals surface area (Å²) in [4.78, 5) is 25.4. The van der Waals surface area contributed by atoms with Crippen molar-refractivity contribution in [1.82, 2.24) is 20.6 Å². The first kappa shape index (κ1) is 16.1. The summed E-state index contributed by atoms with van der Waals surface area (Å²) in [6.07, 6.45) is 3.78. The van der Waals surface area contributed by atoms with Gasteiger partial charge in [-0.3, -0.25) is 19.8 Å². The molecule has 0 bridgehead atoms. The second kappa shape index (κ2) is 7.21. The first-order valence-corrected chi connectivity index (χ1v) is 8.14. The van der Waals surface area contributed by atoms with E-state index in [1.165, 1.54) is 0 Å². The number of fused-ring (bicyclic) bond motifs is 1. The zero-order valence-corrected chi connectivity index (χ0v) is 13.9. The zero-order valence-electron chi connectivity index (χ0n) is 13.9. The SMILES string of the molecule is CCNC1=NCc2cc(CC(=O)N[C@H](C)c3ccccn3)ncc21. The van der Waals surface area contributed by atoms with Gasteiger partial charge in [0.2, 0.25) is 5.91 Å². The van der Waals surface area contributed by atoms with Crippen LogP contribution < -0.4 is 10.6 Å². The number of nitrogens with one attached hydrogen (secondary N) is 2. The van der Waals surface area contributed by atoms with Crippen molar-refractivity contribution in [2.24, 2.45) is 4.99 Å². The molecule has 2 N–H and O–H groups in total. The van der Waals surface area contributed by atoms with E-state index in [4.69, 9.17) is 0 Å². The lowest BCUT2D eigenvalue weighted by Gasteiger charge is -2.13. The van der Waals surface area contributed by atoms with Crippen LogP contribution in [0.1, 0.15) is 42.4 Å². The Balaban J connectivity index is 1.62. The molecule has 1 aliphatic rings. The number of carbonyl (C=O) groups excluding carboxylic acids is 1. The van der Waals surface area contributed by atoms with Crippen LogP contribution in [0.2, 0.25) is 0 Å². The van der Waals surface area contributed by atoms with Crippen LogP contribution in [-0.4, -0.2) is 28.3 Å². The molecule has 0 aliphatic carbocycles. The second-order valence-corrected chi connectivity index (χ2v) is 5.75. The third kappa shape index (κ3) is 3.59. The van der Waals surface area contributed by atoms with E-state index in [1.807, 2.05) is 38.1 Å². The number of amidine groups is 1. The summed E-state index contributed by atoms with van der Waals surface area (Å²) in [5, 5.41) is 6.19. The third-order valence-electron chi connectivity index (χ3n) is 3.90. The molecule has 0 saturated carbocycles. The van der Waals surface area contributed by atoms with Gasteiger partial charge in [-0.1, -0.05) is 6.07 Å². The summed E-state index contributed by atoms with van der Waals surface area (Å²) in [7, 11) is 0. The Hall–Kier alpha value is -2.76. The van der Waals surface area contributed by atoms with Crippen LogP contribution in [0.15, 0.2) is 41.7 Å². The van der Waals surface area contributed by atoms with Gasteiger partial charge in [-0.05, 0) is 37.6 Å². The fraction of sp³-hybridized carbons (Fsp3) is 0.333. The van der Waals surface area contributed by atoms with Gasteiger partial charge in [0, 0.05) is 24.5 Å². The quantitative estimate of drug-likeness (QED) is 0.879. The average Bonchev–Trinajstić information content (AvgIpc) is 2.98. The highest BCUT2D eigenvalue weighted by Gasteiger charge is 2.18. The van der Waals surface area contributed by atoms with E-state index in [2.05, 4.69) is 25.6 Å². The molecule has 1 atom stereocenters. The summed E-state index contributed by atoms with van der Waals surface area (Å²) < 4.78 is 0. The average molecular weight is 323 g/mol. The van der Waals surface area contributed by atoms with Gasteiger partial charge >= 0.3 is 0 Å². The van der Waals surface area contributed by atoms with Crippen molar-refractivity contribution in [2.75, 3.05) is 6.54 Å². The molecule has 3 rings (SSSR count). The Morgan fingerprint density at radius 2 is 2.21 bits per heavy atom. The molecular formula is C18H21N5O. The molecule has 0 unspecified atom stereocenters. The second-order valence-electron chi connectivity index (χ2n) is 5.75. The van der Waals surface area contributed by atoms with Gasteiger partial charge in [0.15, 0.2) is 0 Å². The lowest BCUT2D eigenvalue weighted by Crippen LogP contribution is -2.29. The molecule has 0 aromatic carbocycles. The Kier molecular flexibility index (Phi) is 4.84. The predicted octanol–water partition coefficient (Wildman–Crippen LogP) is 1.77. The van der Waals surface area contributed by atoms with Gasteiger partial charge in [0.05, 0.1) is 30.4 Å². The number of hydrogen-bond donors (Lipinski definition) is 2. The minimum absolute atomic E-state index is 0.0635. The highest BCUT2D eigenvalue weighted by molar-refractivity contribution is 6.01. The Labute approximate surface area is 141 Å². The molecule has 6 heteroatoms. The molecule has 2 aromatic heterocycles. The number of nitrogens with zero attached hydrogens (tertiary/aromatic N) is 3. The topological polar surface area (TPSA) is 79.3 Å². The van der Waals surface area contributed by atoms with E-state index in [-0.39, 0.29) is 18.4 Å². The van der Waals surface area contributed by atoms with E-state index in [0.29, 0.717) is 6.54 Å². The summed E-state index contributed by atoms with van der Waals surface area (Å²) in [5.74, 6) is 0.825. The van der Waals surface area contributed by atoms with Crippen molar-refractivity contribution in [3.63, 3.8) is 0 Å². The molecule has 0 saturated heterocycles. The van der Waals surface area contributed by atoms with Crippen molar-refractivity contribution >= 4 is 11.7 Å². The van der Waals surface area contributed by atoms with E-state index >= 15 is 0 Å². The maximum atomic E-state index is 12.2. The number of rotatable bonds is 5. The van der Waals surface area contributed by atoms with Crippen molar-refractivity contribution < 1.29 is 4.79 Å². The molecule has 6 nitrogen and oxygen atoms in total. The fourth-order valence-electron chi connectivity index (χ4n) is 2.72. The number of pyridine rings is 2. The molecule has 0 radical (unpaired) electrons. The first-order valence-electron chi connectivity index (χ1n) is 8.14. The van der Waals surface area contributed by atoms with Gasteiger partial charge < -0.3 is 10.6 Å². The summed E-state index contributed by atoms with van der Waals surface area (Å²) in [6, 6.07) is 7.51. The van der Waals surface area contributed by atoms with Gasteiger partial charge in [-0.15, -0.1) is 0 Å². The lowest BCUT2D eigenvalue weighted by atomic mass is 10.1. The molecule has 1 amide bonds. The van der Waals surface area contributed by atoms with Crippen molar-refractivity contribution in [3.05, 3.63) is 59.2 Å². The minimum atomic E-state index is -0.128. The molecule has 0 spiro atoms. The minimum Gasteiger partial charge on any atom is -0.370 e. The van der Waals surface area contributed by atoms with Crippen molar-refractivity contribution in [1.29, 1.82) is 0 Å². The van der Waals surface area contributed by atoms with Gasteiger partial charge in [0.25, 0.3) is 0 Å². The van der Waals surface area contributed by atoms with Crippen LogP contribution in [0, 0.1) is 0 Å². The predicted molar refractivity (Wildman–Crippen MR) is 92.7 cm³/mol. The summed E-state index contributed by atoms with van der Waals surface area (Å²) in [5.41, 5.74) is 3.74. The fourth-order valence-corrected chi connectivity index (χ4v) is 2.72. The normalized spacial score (nSPS) is 13.8. The molecule has 3 heterocycles. The maximum Gasteiger partial charge on any atom is 0.226 e. The smallest absolute Gasteiger partial charge is 0.226 e. The van der Waals surface area contributed by atoms with Crippen LogP contribution >= 0.6 is 0 Å². The van der Waals surface area contributed by atoms with E-state index < -0.39 is 0 Å². The standard InChI is InChI=1S/C18H21N5O/c1-3-19-18-15-11-21-14(8-13(15)10-22-18)9-17(24)23-12(2)16-6-4-5-7-20-16/h4-8,11-12H,3,9-10H2,1-2H3,(H,19,22)(H,23,24)/t12-/m1/s1. The number of carbonyl (C=O) groups is 1. The monoisotopic (exact) mass is 323 g/mol. The number of hydrogen-bond acceptors (Lipinski definition) is 5. The third-order valence-corrected chi connectivity index (χ3v) is 3.90. The van der Waals surface area contributed by atoms with Crippen molar-refractivity contribution in [3.8, 4) is 0 Å². The first-order chi connectivity index (χ1) is 11.7. The maximum absolute atomic E-state index is 12.2. The van der Waals surface area contributed by atoms with Gasteiger partial charge in [0.1, 0.15) is 5.84 Å². The molecule has 0 fully saturated rings. The van der Waals surface area contributed by atoms with Crippen molar-refractivity contribution in [2.45, 2.75) is 32.9 Å². The van der Waals surface area contributed by atoms with Crippen LogP contribution in [0.3, 0.4) is 0 Å². The Bertz CT molecular complexity index is 757. The molecule has 1 aliphatic heterocycles. The highest BCUT2D eigenvalue weighted by atomic mass is 16.1. The molecular weight excluding hydrogens is 302 g/mol. The van der Waals surface area contributed by atoms with E-state index in [9.17, 15) is 4.79 Å². The number of amides is 1. The summed E-state index contributed by atoms with van der Waals surface area (Å²) in [6.45, 7) is 5.43. The number of aliphatic imine (C=N–C) groups is 1. The zero-order chi connectivity index (χ0) is 16.9. The Morgan fingerprint density at radius 3 is 2.96 bits per heavy atom.